The molecular formula is C16H23NO2. The average Bonchev–Trinajstić information content (AvgIpc) is 2.81. The Morgan fingerprint density at radius 2 is 1.95 bits per heavy atom. The van der Waals surface area contributed by atoms with Crippen LogP contribution in [-0.2, 0) is 16.0 Å². The molecule has 3 rings (SSSR count). The zero-order valence-electron chi connectivity index (χ0n) is 12.0. The number of fused-ring (bicyclic) bond motifs is 1. The van der Waals surface area contributed by atoms with Crippen molar-refractivity contribution in [1.29, 1.82) is 0 Å². The topological polar surface area (TPSA) is 21.7 Å². The lowest BCUT2D eigenvalue weighted by Gasteiger charge is -2.29. The predicted octanol–water partition coefficient (Wildman–Crippen LogP) is 2.80. The molecule has 1 aromatic carbocycles. The van der Waals surface area contributed by atoms with Crippen LogP contribution in [0.2, 0.25) is 0 Å². The van der Waals surface area contributed by atoms with Crippen LogP contribution < -0.4 is 0 Å². The Hall–Kier alpha value is -0.900. The summed E-state index contributed by atoms with van der Waals surface area (Å²) in [5, 5.41) is 0. The summed E-state index contributed by atoms with van der Waals surface area (Å²) in [5.74, 6) is -0.415. The van der Waals surface area contributed by atoms with Crippen LogP contribution in [0.5, 0.6) is 0 Å². The number of hydrogen-bond donors (Lipinski definition) is 0. The molecule has 0 bridgehead atoms. The van der Waals surface area contributed by atoms with E-state index in [4.69, 9.17) is 9.47 Å². The summed E-state index contributed by atoms with van der Waals surface area (Å²) in [7, 11) is 0. The minimum absolute atomic E-state index is 0.226. The van der Waals surface area contributed by atoms with Gasteiger partial charge >= 0.3 is 0 Å². The van der Waals surface area contributed by atoms with Gasteiger partial charge in [-0.25, -0.2) is 0 Å². The molecule has 2 aliphatic heterocycles. The molecule has 0 spiro atoms. The highest BCUT2D eigenvalue weighted by Gasteiger charge is 2.51. The summed E-state index contributed by atoms with van der Waals surface area (Å²) < 4.78 is 12.1. The summed E-state index contributed by atoms with van der Waals surface area (Å²) in [6.45, 7) is 8.22. The van der Waals surface area contributed by atoms with Crippen molar-refractivity contribution in [3.05, 3.63) is 35.9 Å². The van der Waals surface area contributed by atoms with Gasteiger partial charge < -0.3 is 9.47 Å². The monoisotopic (exact) mass is 261 g/mol. The van der Waals surface area contributed by atoms with Crippen molar-refractivity contribution >= 4 is 0 Å². The lowest BCUT2D eigenvalue weighted by molar-refractivity contribution is -0.162. The molecule has 0 aromatic heterocycles. The van der Waals surface area contributed by atoms with Gasteiger partial charge in [-0.2, -0.15) is 0 Å². The number of nitrogens with zero attached hydrogens (tertiary/aromatic N) is 1. The average molecular weight is 261 g/mol. The standard InChI is InChI=1S/C16H23NO2/c1-4-13-15-14(18-16(2,3)19-15)11-17(13)10-12-8-6-5-7-9-12/h5-9,13-15H,4,10-11H2,1-3H3/t13-,14?,15?/m1/s1. The van der Waals surface area contributed by atoms with Gasteiger partial charge in [0.2, 0.25) is 0 Å². The van der Waals surface area contributed by atoms with Crippen LogP contribution in [-0.4, -0.2) is 35.5 Å². The first-order chi connectivity index (χ1) is 9.09. The molecule has 2 unspecified atom stereocenters. The quantitative estimate of drug-likeness (QED) is 0.835. The van der Waals surface area contributed by atoms with Crippen molar-refractivity contribution in [2.45, 2.75) is 57.8 Å². The van der Waals surface area contributed by atoms with E-state index < -0.39 is 5.79 Å². The summed E-state index contributed by atoms with van der Waals surface area (Å²) in [6.07, 6.45) is 1.56. The molecule has 3 atom stereocenters. The van der Waals surface area contributed by atoms with Gasteiger partial charge in [-0.3, -0.25) is 4.90 Å². The van der Waals surface area contributed by atoms with E-state index in [9.17, 15) is 0 Å². The zero-order valence-corrected chi connectivity index (χ0v) is 12.0. The Labute approximate surface area is 115 Å². The molecule has 2 aliphatic rings. The lowest BCUT2D eigenvalue weighted by atomic mass is 10.1. The summed E-state index contributed by atoms with van der Waals surface area (Å²) in [4.78, 5) is 2.50. The first-order valence-corrected chi connectivity index (χ1v) is 7.22. The fraction of sp³-hybridized carbons (Fsp3) is 0.625. The maximum absolute atomic E-state index is 6.08. The van der Waals surface area contributed by atoms with Crippen LogP contribution >= 0.6 is 0 Å². The van der Waals surface area contributed by atoms with Crippen molar-refractivity contribution in [1.82, 2.24) is 4.90 Å². The third kappa shape index (κ3) is 2.55. The van der Waals surface area contributed by atoms with Gasteiger partial charge in [-0.05, 0) is 25.8 Å². The second-order valence-electron chi connectivity index (χ2n) is 6.03. The van der Waals surface area contributed by atoms with E-state index in [1.54, 1.807) is 0 Å². The molecule has 19 heavy (non-hydrogen) atoms. The van der Waals surface area contributed by atoms with E-state index in [0.29, 0.717) is 6.04 Å². The first-order valence-electron chi connectivity index (χ1n) is 7.22. The minimum Gasteiger partial charge on any atom is -0.343 e. The van der Waals surface area contributed by atoms with E-state index in [1.165, 1.54) is 5.56 Å². The van der Waals surface area contributed by atoms with Gasteiger partial charge in [-0.15, -0.1) is 0 Å². The Bertz CT molecular complexity index is 432. The molecule has 0 aliphatic carbocycles. The van der Waals surface area contributed by atoms with Crippen LogP contribution in [0.25, 0.3) is 0 Å². The fourth-order valence-electron chi connectivity index (χ4n) is 3.40. The summed E-state index contributed by atoms with van der Waals surface area (Å²) in [6, 6.07) is 11.1. The normalized spacial score (nSPS) is 33.5. The van der Waals surface area contributed by atoms with Gasteiger partial charge in [0.15, 0.2) is 5.79 Å². The van der Waals surface area contributed by atoms with Crippen LogP contribution in [0, 0.1) is 0 Å². The van der Waals surface area contributed by atoms with Crippen LogP contribution in [0.4, 0.5) is 0 Å². The summed E-state index contributed by atoms with van der Waals surface area (Å²) >= 11 is 0. The molecule has 2 heterocycles. The minimum atomic E-state index is -0.415. The largest absolute Gasteiger partial charge is 0.343 e. The molecule has 0 saturated carbocycles. The Kier molecular flexibility index (Phi) is 3.37. The van der Waals surface area contributed by atoms with E-state index in [1.807, 2.05) is 13.8 Å². The van der Waals surface area contributed by atoms with E-state index >= 15 is 0 Å². The Morgan fingerprint density at radius 3 is 2.63 bits per heavy atom. The Balaban J connectivity index is 1.72. The highest BCUT2D eigenvalue weighted by atomic mass is 16.8. The Morgan fingerprint density at radius 1 is 1.21 bits per heavy atom. The molecule has 1 aromatic rings. The van der Waals surface area contributed by atoms with Gasteiger partial charge in [0.1, 0.15) is 12.2 Å². The van der Waals surface area contributed by atoms with Crippen molar-refractivity contribution in [2.75, 3.05) is 6.54 Å². The smallest absolute Gasteiger partial charge is 0.163 e. The highest BCUT2D eigenvalue weighted by molar-refractivity contribution is 5.15. The van der Waals surface area contributed by atoms with E-state index in [-0.39, 0.29) is 12.2 Å². The van der Waals surface area contributed by atoms with Crippen molar-refractivity contribution in [2.24, 2.45) is 0 Å². The number of hydrogen-bond acceptors (Lipinski definition) is 3. The highest BCUT2D eigenvalue weighted by Crippen LogP contribution is 2.38. The van der Waals surface area contributed by atoms with Gasteiger partial charge in [-0.1, -0.05) is 37.3 Å². The first kappa shape index (κ1) is 13.1. The number of rotatable bonds is 3. The van der Waals surface area contributed by atoms with Crippen LogP contribution in [0.15, 0.2) is 30.3 Å². The molecule has 104 valence electrons. The fourth-order valence-corrected chi connectivity index (χ4v) is 3.40. The van der Waals surface area contributed by atoms with E-state index in [2.05, 4.69) is 42.2 Å². The molecule has 0 N–H and O–H groups in total. The molecule has 0 radical (unpaired) electrons. The van der Waals surface area contributed by atoms with Crippen molar-refractivity contribution in [3.8, 4) is 0 Å². The maximum atomic E-state index is 6.08. The second kappa shape index (κ2) is 4.89. The van der Waals surface area contributed by atoms with Crippen molar-refractivity contribution in [3.63, 3.8) is 0 Å². The molecule has 3 heteroatoms. The van der Waals surface area contributed by atoms with Gasteiger partial charge in [0.05, 0.1) is 0 Å². The SMILES string of the molecule is CC[C@@H]1C2OC(C)(C)OC2CN1Cc1ccccc1. The molecular weight excluding hydrogens is 238 g/mol. The maximum Gasteiger partial charge on any atom is 0.163 e. The molecule has 2 saturated heterocycles. The number of benzene rings is 1. The number of likely N-dealkylation sites (tertiary alicyclic amines) is 1. The molecule has 3 nitrogen and oxygen atoms in total. The lowest BCUT2D eigenvalue weighted by Crippen LogP contribution is -2.37. The third-order valence-corrected chi connectivity index (χ3v) is 4.13. The van der Waals surface area contributed by atoms with Gasteiger partial charge in [0.25, 0.3) is 0 Å². The van der Waals surface area contributed by atoms with Crippen LogP contribution in [0.1, 0.15) is 32.8 Å². The molecule has 0 amide bonds. The summed E-state index contributed by atoms with van der Waals surface area (Å²) in [5.41, 5.74) is 1.36. The molecule has 2 fully saturated rings. The van der Waals surface area contributed by atoms with Crippen molar-refractivity contribution < 1.29 is 9.47 Å². The van der Waals surface area contributed by atoms with E-state index in [0.717, 1.165) is 19.5 Å². The third-order valence-electron chi connectivity index (χ3n) is 4.13. The number of ether oxygens (including phenoxy) is 2. The zero-order chi connectivity index (χ0) is 13.5. The predicted molar refractivity (Wildman–Crippen MR) is 74.8 cm³/mol. The second-order valence-corrected chi connectivity index (χ2v) is 6.03. The van der Waals surface area contributed by atoms with Gasteiger partial charge in [0, 0.05) is 19.1 Å². The van der Waals surface area contributed by atoms with Crippen LogP contribution in [0.3, 0.4) is 0 Å².